The lowest BCUT2D eigenvalue weighted by Crippen LogP contribution is -2.39. The van der Waals surface area contributed by atoms with Gasteiger partial charge in [-0.15, -0.1) is 0 Å². The molecule has 1 N–H and O–H groups in total. The zero-order valence-corrected chi connectivity index (χ0v) is 9.86. The van der Waals surface area contributed by atoms with Crippen molar-refractivity contribution in [1.29, 1.82) is 0 Å². The van der Waals surface area contributed by atoms with Crippen molar-refractivity contribution in [3.8, 4) is 0 Å². The summed E-state index contributed by atoms with van der Waals surface area (Å²) in [4.78, 5) is 1.76. The smallest absolute Gasteiger partial charge is 0.319 e. The quantitative estimate of drug-likeness (QED) is 0.746. The third-order valence-electron chi connectivity index (χ3n) is 2.79. The fourth-order valence-electron chi connectivity index (χ4n) is 1.43. The van der Waals surface area contributed by atoms with Crippen LogP contribution in [0.2, 0.25) is 0 Å². The van der Waals surface area contributed by atoms with E-state index in [9.17, 15) is 13.2 Å². The van der Waals surface area contributed by atoms with E-state index in [0.29, 0.717) is 5.92 Å². The molecule has 0 aliphatic carbocycles. The summed E-state index contributed by atoms with van der Waals surface area (Å²) in [6, 6.07) is 0.153. The van der Waals surface area contributed by atoms with Crippen molar-refractivity contribution in [3.63, 3.8) is 0 Å². The molecule has 0 aromatic carbocycles. The van der Waals surface area contributed by atoms with Gasteiger partial charge in [-0.05, 0) is 33.5 Å². The van der Waals surface area contributed by atoms with Crippen molar-refractivity contribution in [2.24, 2.45) is 5.92 Å². The van der Waals surface area contributed by atoms with Crippen molar-refractivity contribution >= 4 is 0 Å². The molecule has 2 unspecified atom stereocenters. The molecule has 2 nitrogen and oxygen atoms in total. The van der Waals surface area contributed by atoms with E-state index in [-0.39, 0.29) is 12.6 Å². The first kappa shape index (κ1) is 14.7. The first-order chi connectivity index (χ1) is 6.78. The van der Waals surface area contributed by atoms with Gasteiger partial charge in [-0.2, -0.15) is 13.2 Å². The van der Waals surface area contributed by atoms with Gasteiger partial charge in [0, 0.05) is 12.6 Å². The summed E-state index contributed by atoms with van der Waals surface area (Å²) < 4.78 is 36.0. The monoisotopic (exact) mass is 226 g/mol. The summed E-state index contributed by atoms with van der Waals surface area (Å²) in [6.07, 6.45) is -4.79. The highest BCUT2D eigenvalue weighted by atomic mass is 19.4. The predicted octanol–water partition coefficient (Wildman–Crippen LogP) is 2.11. The Morgan fingerprint density at radius 2 is 1.80 bits per heavy atom. The number of halogens is 3. The average Bonchev–Trinajstić information content (AvgIpc) is 2.12. The normalized spacial score (nSPS) is 16.8. The molecule has 15 heavy (non-hydrogen) atoms. The lowest BCUT2D eigenvalue weighted by Gasteiger charge is -2.30. The molecule has 0 aromatic heterocycles. The van der Waals surface area contributed by atoms with Gasteiger partial charge in [0.15, 0.2) is 0 Å². The minimum atomic E-state index is -4.06. The molecule has 0 saturated heterocycles. The molecule has 0 aliphatic heterocycles. The number of hydrogen-bond acceptors (Lipinski definition) is 2. The molecular weight excluding hydrogens is 205 g/mol. The predicted molar refractivity (Wildman–Crippen MR) is 55.9 cm³/mol. The Morgan fingerprint density at radius 3 is 2.20 bits per heavy atom. The molecule has 0 bridgehead atoms. The summed E-state index contributed by atoms with van der Waals surface area (Å²) >= 11 is 0. The molecule has 0 aliphatic rings. The van der Waals surface area contributed by atoms with Crippen LogP contribution in [0.1, 0.15) is 20.3 Å². The van der Waals surface area contributed by atoms with Crippen LogP contribution in [0.5, 0.6) is 0 Å². The maximum absolute atomic E-state index is 12.0. The molecule has 92 valence electrons. The Hall–Kier alpha value is -0.290. The highest BCUT2D eigenvalue weighted by Gasteiger charge is 2.28. The molecule has 2 atom stereocenters. The second-order valence-corrected chi connectivity index (χ2v) is 4.12. The van der Waals surface area contributed by atoms with E-state index < -0.39 is 12.6 Å². The zero-order chi connectivity index (χ0) is 12.1. The number of hydrogen-bond donors (Lipinski definition) is 1. The maximum atomic E-state index is 12.0. The number of nitrogens with one attached hydrogen (secondary N) is 1. The molecule has 0 rings (SSSR count). The van der Waals surface area contributed by atoms with E-state index >= 15 is 0 Å². The van der Waals surface area contributed by atoms with E-state index in [0.717, 1.165) is 6.54 Å². The van der Waals surface area contributed by atoms with Crippen LogP contribution in [-0.4, -0.2) is 44.3 Å². The summed E-state index contributed by atoms with van der Waals surface area (Å²) in [7, 11) is 3.58. The average molecular weight is 226 g/mol. The third kappa shape index (κ3) is 6.73. The van der Waals surface area contributed by atoms with Gasteiger partial charge < -0.3 is 10.2 Å². The fraction of sp³-hybridized carbons (Fsp3) is 1.00. The second-order valence-electron chi connectivity index (χ2n) is 4.12. The van der Waals surface area contributed by atoms with Gasteiger partial charge in [0.05, 0.1) is 6.42 Å². The van der Waals surface area contributed by atoms with Gasteiger partial charge >= 0.3 is 6.18 Å². The molecule has 0 saturated carbocycles. The van der Waals surface area contributed by atoms with Crippen LogP contribution in [-0.2, 0) is 0 Å². The fourth-order valence-corrected chi connectivity index (χ4v) is 1.43. The summed E-state index contributed by atoms with van der Waals surface area (Å²) in [5, 5.41) is 3.03. The minimum Gasteiger partial charge on any atom is -0.319 e. The Bertz CT molecular complexity index is 171. The third-order valence-corrected chi connectivity index (χ3v) is 2.79. The first-order valence-corrected chi connectivity index (χ1v) is 5.19. The second kappa shape index (κ2) is 6.33. The largest absolute Gasteiger partial charge is 0.390 e. The van der Waals surface area contributed by atoms with E-state index in [1.807, 2.05) is 20.9 Å². The van der Waals surface area contributed by atoms with Crippen molar-refractivity contribution in [1.82, 2.24) is 10.2 Å². The van der Waals surface area contributed by atoms with E-state index in [2.05, 4.69) is 5.32 Å². The molecule has 0 amide bonds. The van der Waals surface area contributed by atoms with Crippen LogP contribution in [0.25, 0.3) is 0 Å². The summed E-state index contributed by atoms with van der Waals surface area (Å²) in [5.41, 5.74) is 0. The Morgan fingerprint density at radius 1 is 1.27 bits per heavy atom. The van der Waals surface area contributed by atoms with E-state index in [1.54, 1.807) is 11.9 Å². The van der Waals surface area contributed by atoms with Crippen LogP contribution in [0.4, 0.5) is 13.2 Å². The zero-order valence-electron chi connectivity index (χ0n) is 9.86. The van der Waals surface area contributed by atoms with Crippen molar-refractivity contribution in [3.05, 3.63) is 0 Å². The topological polar surface area (TPSA) is 15.3 Å². The van der Waals surface area contributed by atoms with Crippen LogP contribution in [0, 0.1) is 5.92 Å². The molecule has 0 spiro atoms. The number of rotatable bonds is 6. The van der Waals surface area contributed by atoms with Crippen LogP contribution < -0.4 is 5.32 Å². The first-order valence-electron chi connectivity index (χ1n) is 5.19. The summed E-state index contributed by atoms with van der Waals surface area (Å²) in [5.74, 6) is 0.341. The van der Waals surface area contributed by atoms with Crippen LogP contribution >= 0.6 is 0 Å². The van der Waals surface area contributed by atoms with Crippen LogP contribution in [0.3, 0.4) is 0 Å². The minimum absolute atomic E-state index is 0.0682. The highest BCUT2D eigenvalue weighted by Crippen LogP contribution is 2.20. The van der Waals surface area contributed by atoms with Crippen molar-refractivity contribution in [2.75, 3.05) is 27.2 Å². The van der Waals surface area contributed by atoms with Gasteiger partial charge in [-0.3, -0.25) is 0 Å². The molecular formula is C10H21F3N2. The standard InChI is InChI=1S/C10H21F3N2/c1-8(7-14-3)9(2)15(4)6-5-10(11,12)13/h8-9,14H,5-7H2,1-4H3. The SMILES string of the molecule is CNCC(C)C(C)N(C)CCC(F)(F)F. The van der Waals surface area contributed by atoms with Gasteiger partial charge in [0.2, 0.25) is 0 Å². The number of alkyl halides is 3. The summed E-state index contributed by atoms with van der Waals surface area (Å²) in [6.45, 7) is 4.87. The lowest BCUT2D eigenvalue weighted by molar-refractivity contribution is -0.138. The molecule has 0 fully saturated rings. The molecule has 0 heterocycles. The molecule has 0 aromatic rings. The molecule has 5 heteroatoms. The Kier molecular flexibility index (Phi) is 6.20. The van der Waals surface area contributed by atoms with Crippen molar-refractivity contribution in [2.45, 2.75) is 32.5 Å². The van der Waals surface area contributed by atoms with E-state index in [4.69, 9.17) is 0 Å². The molecule has 0 radical (unpaired) electrons. The van der Waals surface area contributed by atoms with Gasteiger partial charge in [-0.25, -0.2) is 0 Å². The number of nitrogens with zero attached hydrogens (tertiary/aromatic N) is 1. The maximum Gasteiger partial charge on any atom is 0.390 e. The van der Waals surface area contributed by atoms with Gasteiger partial charge in [-0.1, -0.05) is 6.92 Å². The van der Waals surface area contributed by atoms with Crippen LogP contribution in [0.15, 0.2) is 0 Å². The van der Waals surface area contributed by atoms with E-state index in [1.165, 1.54) is 0 Å². The van der Waals surface area contributed by atoms with Crippen molar-refractivity contribution < 1.29 is 13.2 Å². The van der Waals surface area contributed by atoms with Gasteiger partial charge in [0.1, 0.15) is 0 Å². The Labute approximate surface area is 89.8 Å². The Balaban J connectivity index is 3.93. The van der Waals surface area contributed by atoms with Gasteiger partial charge in [0.25, 0.3) is 0 Å². The lowest BCUT2D eigenvalue weighted by atomic mass is 10.0. The highest BCUT2D eigenvalue weighted by molar-refractivity contribution is 4.72.